The lowest BCUT2D eigenvalue weighted by Gasteiger charge is -2.11. The number of rotatable bonds is 8. The molecule has 2 N–H and O–H groups in total. The number of ether oxygens (including phenoxy) is 1. The smallest absolute Gasteiger partial charge is 0.270 e. The van der Waals surface area contributed by atoms with Crippen molar-refractivity contribution in [3.63, 3.8) is 0 Å². The first-order valence-electron chi connectivity index (χ1n) is 8.13. The molecule has 7 heteroatoms. The average Bonchev–Trinajstić information content (AvgIpc) is 2.59. The second-order valence-electron chi connectivity index (χ2n) is 5.95. The van der Waals surface area contributed by atoms with Crippen molar-refractivity contribution in [1.29, 1.82) is 0 Å². The maximum atomic E-state index is 12.2. The monoisotopic (exact) mass is 343 g/mol. The van der Waals surface area contributed by atoms with Gasteiger partial charge in [-0.05, 0) is 38.7 Å². The number of aryl methyl sites for hydroxylation is 1. The molecular weight excluding hydrogens is 318 g/mol. The number of hydrogen-bond donors (Lipinski definition) is 2. The van der Waals surface area contributed by atoms with Gasteiger partial charge in [-0.15, -0.1) is 0 Å². The van der Waals surface area contributed by atoms with Gasteiger partial charge in [0, 0.05) is 25.7 Å². The van der Waals surface area contributed by atoms with Gasteiger partial charge in [-0.3, -0.25) is 4.79 Å². The van der Waals surface area contributed by atoms with E-state index < -0.39 is 0 Å². The van der Waals surface area contributed by atoms with Crippen LogP contribution >= 0.6 is 0 Å². The Balaban J connectivity index is 1.98. The van der Waals surface area contributed by atoms with E-state index in [0.29, 0.717) is 30.4 Å². The van der Waals surface area contributed by atoms with Crippen molar-refractivity contribution in [3.05, 3.63) is 47.4 Å². The molecular formula is C18H25N5O2. The molecule has 0 saturated carbocycles. The summed E-state index contributed by atoms with van der Waals surface area (Å²) in [6.45, 7) is 3.72. The highest BCUT2D eigenvalue weighted by atomic mass is 16.5. The van der Waals surface area contributed by atoms with Gasteiger partial charge < -0.3 is 20.3 Å². The number of carbonyl (C=O) groups is 1. The SMILES string of the molecule is COc1ccc(CNc2cc(C(=O)NCCN(C)C)nc(C)n2)cc1. The van der Waals surface area contributed by atoms with Crippen LogP contribution in [0.3, 0.4) is 0 Å². The predicted molar refractivity (Wildman–Crippen MR) is 98.0 cm³/mol. The van der Waals surface area contributed by atoms with E-state index in [4.69, 9.17) is 4.74 Å². The summed E-state index contributed by atoms with van der Waals surface area (Å²) < 4.78 is 5.15. The van der Waals surface area contributed by atoms with E-state index in [1.165, 1.54) is 0 Å². The van der Waals surface area contributed by atoms with Gasteiger partial charge in [0.15, 0.2) is 0 Å². The number of carbonyl (C=O) groups excluding carboxylic acids is 1. The van der Waals surface area contributed by atoms with Crippen LogP contribution in [0.1, 0.15) is 21.9 Å². The van der Waals surface area contributed by atoms with E-state index in [0.717, 1.165) is 17.9 Å². The predicted octanol–water partition coefficient (Wildman–Crippen LogP) is 1.70. The maximum absolute atomic E-state index is 12.2. The van der Waals surface area contributed by atoms with Gasteiger partial charge >= 0.3 is 0 Å². The molecule has 0 bridgehead atoms. The molecule has 7 nitrogen and oxygen atoms in total. The van der Waals surface area contributed by atoms with Crippen molar-refractivity contribution in [1.82, 2.24) is 20.2 Å². The largest absolute Gasteiger partial charge is 0.497 e. The van der Waals surface area contributed by atoms with Gasteiger partial charge in [0.25, 0.3) is 5.91 Å². The lowest BCUT2D eigenvalue weighted by atomic mass is 10.2. The molecule has 0 fully saturated rings. The van der Waals surface area contributed by atoms with Gasteiger partial charge in [0.05, 0.1) is 7.11 Å². The number of likely N-dealkylation sites (N-methyl/N-ethyl adjacent to an activating group) is 1. The lowest BCUT2D eigenvalue weighted by Crippen LogP contribution is -2.32. The molecule has 2 aromatic rings. The summed E-state index contributed by atoms with van der Waals surface area (Å²) in [5, 5.41) is 6.09. The van der Waals surface area contributed by atoms with Crippen molar-refractivity contribution in [2.45, 2.75) is 13.5 Å². The summed E-state index contributed by atoms with van der Waals surface area (Å²) in [7, 11) is 5.56. The number of amides is 1. The zero-order valence-corrected chi connectivity index (χ0v) is 15.2. The zero-order valence-electron chi connectivity index (χ0n) is 15.2. The van der Waals surface area contributed by atoms with Gasteiger partial charge in [-0.1, -0.05) is 12.1 Å². The standard InChI is InChI=1S/C18H25N5O2/c1-13-21-16(18(24)19-9-10-23(2)3)11-17(22-13)20-12-14-5-7-15(25-4)8-6-14/h5-8,11H,9-10,12H2,1-4H3,(H,19,24)(H,20,21,22). The third-order valence-corrected chi connectivity index (χ3v) is 3.55. The average molecular weight is 343 g/mol. The second-order valence-corrected chi connectivity index (χ2v) is 5.95. The number of anilines is 1. The molecule has 0 aliphatic heterocycles. The van der Waals surface area contributed by atoms with Crippen LogP contribution in [0.2, 0.25) is 0 Å². The van der Waals surface area contributed by atoms with Gasteiger partial charge in [0.2, 0.25) is 0 Å². The Bertz CT molecular complexity index is 701. The minimum atomic E-state index is -0.195. The number of benzene rings is 1. The fourth-order valence-electron chi connectivity index (χ4n) is 2.19. The molecule has 25 heavy (non-hydrogen) atoms. The van der Waals surface area contributed by atoms with Crippen molar-refractivity contribution < 1.29 is 9.53 Å². The van der Waals surface area contributed by atoms with Crippen LogP contribution in [0.5, 0.6) is 5.75 Å². The first-order chi connectivity index (χ1) is 12.0. The Morgan fingerprint density at radius 2 is 1.92 bits per heavy atom. The highest BCUT2D eigenvalue weighted by molar-refractivity contribution is 5.92. The maximum Gasteiger partial charge on any atom is 0.270 e. The van der Waals surface area contributed by atoms with Crippen LogP contribution in [0, 0.1) is 6.92 Å². The summed E-state index contributed by atoms with van der Waals surface area (Å²) in [6.07, 6.45) is 0. The molecule has 2 rings (SSSR count). The van der Waals surface area contributed by atoms with Crippen LogP contribution in [0.4, 0.5) is 5.82 Å². The Morgan fingerprint density at radius 1 is 1.20 bits per heavy atom. The van der Waals surface area contributed by atoms with Gasteiger partial charge in [0.1, 0.15) is 23.1 Å². The number of nitrogens with one attached hydrogen (secondary N) is 2. The molecule has 0 radical (unpaired) electrons. The molecule has 0 aliphatic carbocycles. The van der Waals surface area contributed by atoms with E-state index in [9.17, 15) is 4.79 Å². The first-order valence-corrected chi connectivity index (χ1v) is 8.13. The number of hydrogen-bond acceptors (Lipinski definition) is 6. The topological polar surface area (TPSA) is 79.4 Å². The molecule has 134 valence electrons. The molecule has 0 atom stereocenters. The van der Waals surface area contributed by atoms with E-state index in [1.807, 2.05) is 43.3 Å². The number of nitrogens with zero attached hydrogens (tertiary/aromatic N) is 3. The Hall–Kier alpha value is -2.67. The highest BCUT2D eigenvalue weighted by Gasteiger charge is 2.10. The van der Waals surface area contributed by atoms with Gasteiger partial charge in [-0.2, -0.15) is 0 Å². The minimum absolute atomic E-state index is 0.195. The third-order valence-electron chi connectivity index (χ3n) is 3.55. The molecule has 0 spiro atoms. The van der Waals surface area contributed by atoms with E-state index in [-0.39, 0.29) is 5.91 Å². The Morgan fingerprint density at radius 3 is 2.56 bits per heavy atom. The zero-order chi connectivity index (χ0) is 18.2. The van der Waals surface area contributed by atoms with E-state index >= 15 is 0 Å². The first kappa shape index (κ1) is 18.7. The van der Waals surface area contributed by atoms with Crippen LogP contribution in [0.15, 0.2) is 30.3 Å². The molecule has 0 unspecified atom stereocenters. The molecule has 1 amide bonds. The lowest BCUT2D eigenvalue weighted by molar-refractivity contribution is 0.0945. The Kier molecular flexibility index (Phi) is 6.71. The number of aromatic nitrogens is 2. The van der Waals surface area contributed by atoms with E-state index in [1.54, 1.807) is 20.1 Å². The van der Waals surface area contributed by atoms with Crippen LogP contribution in [-0.4, -0.2) is 55.1 Å². The highest BCUT2D eigenvalue weighted by Crippen LogP contribution is 2.13. The van der Waals surface area contributed by atoms with Crippen LogP contribution < -0.4 is 15.4 Å². The van der Waals surface area contributed by atoms with Crippen LogP contribution in [0.25, 0.3) is 0 Å². The fourth-order valence-corrected chi connectivity index (χ4v) is 2.19. The normalized spacial score (nSPS) is 10.6. The van der Waals surface area contributed by atoms with Crippen molar-refractivity contribution in [2.24, 2.45) is 0 Å². The third kappa shape index (κ3) is 6.04. The summed E-state index contributed by atoms with van der Waals surface area (Å²) in [5.41, 5.74) is 1.46. The van der Waals surface area contributed by atoms with Crippen molar-refractivity contribution >= 4 is 11.7 Å². The van der Waals surface area contributed by atoms with Crippen LogP contribution in [-0.2, 0) is 6.54 Å². The quantitative estimate of drug-likeness (QED) is 0.759. The van der Waals surface area contributed by atoms with Crippen molar-refractivity contribution in [3.8, 4) is 5.75 Å². The Labute approximate surface area is 148 Å². The summed E-state index contributed by atoms with van der Waals surface area (Å²) in [5.74, 6) is 1.80. The minimum Gasteiger partial charge on any atom is -0.497 e. The van der Waals surface area contributed by atoms with Gasteiger partial charge in [-0.25, -0.2) is 9.97 Å². The number of methoxy groups -OCH3 is 1. The van der Waals surface area contributed by atoms with E-state index in [2.05, 4.69) is 20.6 Å². The molecule has 1 heterocycles. The molecule has 0 saturated heterocycles. The van der Waals surface area contributed by atoms with Crippen molar-refractivity contribution in [2.75, 3.05) is 39.6 Å². The molecule has 1 aromatic carbocycles. The fraction of sp³-hybridized carbons (Fsp3) is 0.389. The summed E-state index contributed by atoms with van der Waals surface area (Å²) in [4.78, 5) is 22.8. The molecule has 1 aromatic heterocycles. The molecule has 0 aliphatic rings. The summed E-state index contributed by atoms with van der Waals surface area (Å²) in [6, 6.07) is 9.45. The second kappa shape index (κ2) is 8.98. The summed E-state index contributed by atoms with van der Waals surface area (Å²) >= 11 is 0.